The summed E-state index contributed by atoms with van der Waals surface area (Å²) in [5, 5.41) is 35.4. The second-order valence-electron chi connectivity index (χ2n) is 2.61. The maximum atomic E-state index is 10.3. The van der Waals surface area contributed by atoms with Gasteiger partial charge in [-0.2, -0.15) is 0 Å². The van der Waals surface area contributed by atoms with Crippen molar-refractivity contribution < 1.29 is 30.0 Å². The molecule has 0 amide bonds. The number of carbonyl (C=O) groups is 1. The summed E-state index contributed by atoms with van der Waals surface area (Å²) in [6.07, 6.45) is -4.36. The molecule has 0 aromatic carbocycles. The van der Waals surface area contributed by atoms with E-state index in [2.05, 4.69) is 4.74 Å². The maximum absolute atomic E-state index is 10.3. The highest BCUT2D eigenvalue weighted by atomic mass is 16.5. The Kier molecular flexibility index (Phi) is 5.56. The number of aliphatic hydroxyl groups is 4. The Morgan fingerprint density at radius 1 is 1.31 bits per heavy atom. The minimum Gasteiger partial charge on any atom is -0.463 e. The summed E-state index contributed by atoms with van der Waals surface area (Å²) in [6.45, 7) is 0.0768. The maximum Gasteiger partial charge on any atom is 0.302 e. The first kappa shape index (κ1) is 12.3. The number of hydrogen-bond donors (Lipinski definition) is 4. The molecule has 0 saturated carbocycles. The molecule has 0 aliphatic heterocycles. The molecule has 0 bridgehead atoms. The van der Waals surface area contributed by atoms with Crippen LogP contribution in [0, 0.1) is 0 Å². The van der Waals surface area contributed by atoms with Gasteiger partial charge in [-0.05, 0) is 0 Å². The van der Waals surface area contributed by atoms with Crippen LogP contribution in [0.15, 0.2) is 0 Å². The van der Waals surface area contributed by atoms with Crippen LogP contribution < -0.4 is 0 Å². The molecule has 78 valence electrons. The third-order valence-electron chi connectivity index (χ3n) is 1.43. The number of esters is 1. The number of aliphatic hydroxyl groups excluding tert-OH is 4. The first-order valence-electron chi connectivity index (χ1n) is 3.77. The van der Waals surface area contributed by atoms with E-state index in [1.54, 1.807) is 0 Å². The van der Waals surface area contributed by atoms with Crippen LogP contribution in [0.5, 0.6) is 0 Å². The molecular weight excluding hydrogens is 180 g/mol. The van der Waals surface area contributed by atoms with E-state index in [1.165, 1.54) is 0 Å². The molecule has 0 aromatic heterocycles. The van der Waals surface area contributed by atoms with E-state index < -0.39 is 37.5 Å². The van der Waals surface area contributed by atoms with Crippen LogP contribution >= 0.6 is 0 Å². The van der Waals surface area contributed by atoms with Crippen molar-refractivity contribution in [2.24, 2.45) is 0 Å². The summed E-state index contributed by atoms with van der Waals surface area (Å²) in [6, 6.07) is 0. The molecule has 0 spiro atoms. The Hall–Kier alpha value is -0.690. The molecule has 0 heterocycles. The van der Waals surface area contributed by atoms with Crippen LogP contribution in [0.4, 0.5) is 0 Å². The van der Waals surface area contributed by atoms with Gasteiger partial charge >= 0.3 is 5.97 Å². The number of ether oxygens (including phenoxy) is 1. The van der Waals surface area contributed by atoms with Crippen molar-refractivity contribution in [1.29, 1.82) is 0 Å². The third kappa shape index (κ3) is 4.79. The van der Waals surface area contributed by atoms with Gasteiger partial charge in [0.2, 0.25) is 0 Å². The Balaban J connectivity index is 3.81. The zero-order chi connectivity index (χ0) is 10.4. The van der Waals surface area contributed by atoms with Crippen molar-refractivity contribution in [3.8, 4) is 0 Å². The van der Waals surface area contributed by atoms with Gasteiger partial charge in [0.25, 0.3) is 0 Å². The van der Waals surface area contributed by atoms with Gasteiger partial charge in [0, 0.05) is 6.92 Å². The summed E-state index contributed by atoms with van der Waals surface area (Å²) in [7, 11) is 0. The Bertz CT molecular complexity index is 159. The van der Waals surface area contributed by atoms with E-state index in [0.717, 1.165) is 6.92 Å². The molecule has 0 radical (unpaired) electrons. The third-order valence-corrected chi connectivity index (χ3v) is 1.43. The standard InChI is InChI=1S/C7H14O6/c1-4(9)13-3-6(11)7(12)5(10)2-8/h5-8,10-12H,2-3H2,1H3/t5-,6-,7-/m1/s1. The fraction of sp³-hybridized carbons (Fsp3) is 0.857. The molecule has 0 fully saturated rings. The fourth-order valence-corrected chi connectivity index (χ4v) is 0.666. The predicted octanol–water partition coefficient (Wildman–Crippen LogP) is -2.38. The molecule has 13 heavy (non-hydrogen) atoms. The van der Waals surface area contributed by atoms with Crippen molar-refractivity contribution in [3.63, 3.8) is 0 Å². The van der Waals surface area contributed by atoms with Gasteiger partial charge in [0.1, 0.15) is 24.9 Å². The van der Waals surface area contributed by atoms with Crippen LogP contribution in [0.3, 0.4) is 0 Å². The predicted molar refractivity (Wildman–Crippen MR) is 41.7 cm³/mol. The van der Waals surface area contributed by atoms with Crippen molar-refractivity contribution in [2.45, 2.75) is 25.2 Å². The first-order valence-corrected chi connectivity index (χ1v) is 3.77. The van der Waals surface area contributed by atoms with E-state index >= 15 is 0 Å². The van der Waals surface area contributed by atoms with Crippen molar-refractivity contribution >= 4 is 5.97 Å². The van der Waals surface area contributed by atoms with Crippen LogP contribution in [-0.2, 0) is 9.53 Å². The molecule has 6 heteroatoms. The average Bonchev–Trinajstić information content (AvgIpc) is 2.11. The normalized spacial score (nSPS) is 17.6. The highest BCUT2D eigenvalue weighted by Crippen LogP contribution is 2.00. The summed E-state index contributed by atoms with van der Waals surface area (Å²) >= 11 is 0. The number of hydrogen-bond acceptors (Lipinski definition) is 6. The molecule has 0 aromatic rings. The average molecular weight is 194 g/mol. The van der Waals surface area contributed by atoms with E-state index in [-0.39, 0.29) is 0 Å². The van der Waals surface area contributed by atoms with E-state index in [9.17, 15) is 4.79 Å². The minimum absolute atomic E-state index is 0.409. The molecule has 6 nitrogen and oxygen atoms in total. The van der Waals surface area contributed by atoms with Crippen molar-refractivity contribution in [2.75, 3.05) is 13.2 Å². The van der Waals surface area contributed by atoms with Crippen LogP contribution in [-0.4, -0.2) is 57.9 Å². The van der Waals surface area contributed by atoms with E-state index in [1.807, 2.05) is 0 Å². The highest BCUT2D eigenvalue weighted by molar-refractivity contribution is 5.65. The molecule has 0 unspecified atom stereocenters. The van der Waals surface area contributed by atoms with Gasteiger partial charge in [-0.1, -0.05) is 0 Å². The molecule has 0 aliphatic rings. The van der Waals surface area contributed by atoms with Gasteiger partial charge in [-0.25, -0.2) is 0 Å². The zero-order valence-corrected chi connectivity index (χ0v) is 7.25. The monoisotopic (exact) mass is 194 g/mol. The first-order chi connectivity index (χ1) is 5.99. The SMILES string of the molecule is CC(=O)OC[C@@H](O)[C@H](O)[C@H](O)CO. The molecule has 4 N–H and O–H groups in total. The lowest BCUT2D eigenvalue weighted by atomic mass is 10.1. The van der Waals surface area contributed by atoms with Gasteiger partial charge < -0.3 is 25.2 Å². The van der Waals surface area contributed by atoms with Crippen molar-refractivity contribution in [1.82, 2.24) is 0 Å². The van der Waals surface area contributed by atoms with Gasteiger partial charge in [0.15, 0.2) is 0 Å². The van der Waals surface area contributed by atoms with Gasteiger partial charge in [0.05, 0.1) is 6.61 Å². The van der Waals surface area contributed by atoms with E-state index in [0.29, 0.717) is 0 Å². The van der Waals surface area contributed by atoms with Crippen molar-refractivity contribution in [3.05, 3.63) is 0 Å². The molecule has 0 saturated heterocycles. The molecule has 0 aliphatic carbocycles. The second-order valence-corrected chi connectivity index (χ2v) is 2.61. The lowest BCUT2D eigenvalue weighted by molar-refractivity contribution is -0.149. The Labute approximate surface area is 75.4 Å². The summed E-state index contributed by atoms with van der Waals surface area (Å²) < 4.78 is 4.38. The lowest BCUT2D eigenvalue weighted by Crippen LogP contribution is -2.42. The minimum atomic E-state index is -1.52. The largest absolute Gasteiger partial charge is 0.463 e. The van der Waals surface area contributed by atoms with Gasteiger partial charge in [-0.15, -0.1) is 0 Å². The fourth-order valence-electron chi connectivity index (χ4n) is 0.666. The topological polar surface area (TPSA) is 107 Å². The zero-order valence-electron chi connectivity index (χ0n) is 7.25. The van der Waals surface area contributed by atoms with Crippen LogP contribution in [0.25, 0.3) is 0 Å². The van der Waals surface area contributed by atoms with Crippen LogP contribution in [0.2, 0.25) is 0 Å². The molecular formula is C7H14O6. The highest BCUT2D eigenvalue weighted by Gasteiger charge is 2.24. The van der Waals surface area contributed by atoms with E-state index in [4.69, 9.17) is 20.4 Å². The summed E-state index contributed by atoms with van der Waals surface area (Å²) in [4.78, 5) is 10.3. The Morgan fingerprint density at radius 3 is 2.23 bits per heavy atom. The second kappa shape index (κ2) is 5.87. The quantitative estimate of drug-likeness (QED) is 0.364. The summed E-state index contributed by atoms with van der Waals surface area (Å²) in [5.41, 5.74) is 0. The number of carbonyl (C=O) groups excluding carboxylic acids is 1. The van der Waals surface area contributed by atoms with Gasteiger partial charge in [-0.3, -0.25) is 4.79 Å². The smallest absolute Gasteiger partial charge is 0.302 e. The Morgan fingerprint density at radius 2 is 1.85 bits per heavy atom. The molecule has 0 rings (SSSR count). The summed E-state index contributed by atoms with van der Waals surface area (Å²) in [5.74, 6) is -0.593. The molecule has 3 atom stereocenters. The number of rotatable bonds is 5. The van der Waals surface area contributed by atoms with Crippen LogP contribution in [0.1, 0.15) is 6.92 Å². The lowest BCUT2D eigenvalue weighted by Gasteiger charge is -2.20.